The number of hydrogen-bond donors (Lipinski definition) is 1. The molecule has 1 unspecified atom stereocenters. The highest BCUT2D eigenvalue weighted by atomic mass is 35.5. The highest BCUT2D eigenvalue weighted by Gasteiger charge is 2.36. The summed E-state index contributed by atoms with van der Waals surface area (Å²) in [5.41, 5.74) is 5.61. The molecule has 2 heterocycles. The first-order chi connectivity index (χ1) is 10.2. The van der Waals surface area contributed by atoms with E-state index in [0.717, 1.165) is 52.0 Å². The molecule has 2 saturated heterocycles. The fourth-order valence-corrected chi connectivity index (χ4v) is 3.25. The molecule has 0 spiro atoms. The molecule has 2 fully saturated rings. The molecule has 2 aliphatic rings. The molecule has 2 rings (SSSR count). The van der Waals surface area contributed by atoms with Crippen molar-refractivity contribution < 1.29 is 14.3 Å². The number of carbonyl (C=O) groups excluding carboxylic acids is 1. The average molecular weight is 372 g/mol. The lowest BCUT2D eigenvalue weighted by Gasteiger charge is -2.41. The second kappa shape index (κ2) is 11.4. The van der Waals surface area contributed by atoms with Crippen molar-refractivity contribution in [3.05, 3.63) is 0 Å². The summed E-state index contributed by atoms with van der Waals surface area (Å²) in [6.45, 7) is 6.86. The van der Waals surface area contributed by atoms with Gasteiger partial charge in [0, 0.05) is 45.9 Å². The number of ether oxygens (including phenoxy) is 2. The van der Waals surface area contributed by atoms with Gasteiger partial charge >= 0.3 is 0 Å². The van der Waals surface area contributed by atoms with Gasteiger partial charge in [0.25, 0.3) is 5.91 Å². The number of rotatable bonds is 6. The van der Waals surface area contributed by atoms with Gasteiger partial charge in [0.2, 0.25) is 0 Å². The Hall–Kier alpha value is -0.110. The molecule has 138 valence electrons. The quantitative estimate of drug-likeness (QED) is 0.751. The Labute approximate surface area is 151 Å². The van der Waals surface area contributed by atoms with Gasteiger partial charge in [-0.05, 0) is 19.3 Å². The third-order valence-corrected chi connectivity index (χ3v) is 4.62. The number of amides is 1. The first-order valence-electron chi connectivity index (χ1n) is 8.06. The van der Waals surface area contributed by atoms with E-state index in [1.807, 2.05) is 4.90 Å². The SMILES string of the molecule is CCC1CN(C(=O)[C@@H]2CC[C@H](CN)O2)CCN1CCOC.Cl.Cl. The smallest absolute Gasteiger partial charge is 0.251 e. The first-order valence-corrected chi connectivity index (χ1v) is 8.06. The molecule has 3 atom stereocenters. The Kier molecular flexibility index (Phi) is 11.4. The number of carbonyl (C=O) groups is 1. The second-order valence-electron chi connectivity index (χ2n) is 5.93. The average Bonchev–Trinajstić information content (AvgIpc) is 3.01. The Morgan fingerprint density at radius 2 is 2.04 bits per heavy atom. The minimum Gasteiger partial charge on any atom is -0.383 e. The summed E-state index contributed by atoms with van der Waals surface area (Å²) in [5.74, 6) is 0.149. The van der Waals surface area contributed by atoms with E-state index < -0.39 is 0 Å². The van der Waals surface area contributed by atoms with Gasteiger partial charge < -0.3 is 20.1 Å². The monoisotopic (exact) mass is 371 g/mol. The number of piperazine rings is 1. The van der Waals surface area contributed by atoms with Crippen molar-refractivity contribution in [3.63, 3.8) is 0 Å². The van der Waals surface area contributed by atoms with Crippen LogP contribution >= 0.6 is 24.8 Å². The van der Waals surface area contributed by atoms with Crippen LogP contribution in [0.25, 0.3) is 0 Å². The highest BCUT2D eigenvalue weighted by molar-refractivity contribution is 5.85. The van der Waals surface area contributed by atoms with Gasteiger partial charge in [-0.3, -0.25) is 9.69 Å². The largest absolute Gasteiger partial charge is 0.383 e. The number of nitrogens with two attached hydrogens (primary N) is 1. The van der Waals surface area contributed by atoms with Crippen LogP contribution in [-0.2, 0) is 14.3 Å². The molecule has 23 heavy (non-hydrogen) atoms. The van der Waals surface area contributed by atoms with Crippen LogP contribution in [0.2, 0.25) is 0 Å². The summed E-state index contributed by atoms with van der Waals surface area (Å²) in [6, 6.07) is 0.421. The third kappa shape index (κ3) is 6.03. The predicted molar refractivity (Wildman–Crippen MR) is 95.6 cm³/mol. The number of hydrogen-bond acceptors (Lipinski definition) is 5. The third-order valence-electron chi connectivity index (χ3n) is 4.62. The van der Waals surface area contributed by atoms with E-state index in [1.165, 1.54) is 0 Å². The van der Waals surface area contributed by atoms with Crippen LogP contribution in [0, 0.1) is 0 Å². The number of halogens is 2. The van der Waals surface area contributed by atoms with Crippen molar-refractivity contribution in [2.24, 2.45) is 5.73 Å². The fourth-order valence-electron chi connectivity index (χ4n) is 3.25. The lowest BCUT2D eigenvalue weighted by molar-refractivity contribution is -0.146. The van der Waals surface area contributed by atoms with Crippen LogP contribution in [0.3, 0.4) is 0 Å². The van der Waals surface area contributed by atoms with Crippen molar-refractivity contribution in [3.8, 4) is 0 Å². The standard InChI is InChI=1S/C15H29N3O3.2ClH/c1-3-12-11-18(7-6-17(12)8-9-20-2)15(19)14-5-4-13(10-16)21-14;;/h12-14H,3-11,16H2,1-2H3;2*1H/t12?,13-,14+;;/m1../s1. The second-order valence-corrected chi connectivity index (χ2v) is 5.93. The minimum atomic E-state index is -0.276. The summed E-state index contributed by atoms with van der Waals surface area (Å²) in [4.78, 5) is 17.0. The molecule has 0 radical (unpaired) electrons. The van der Waals surface area contributed by atoms with E-state index >= 15 is 0 Å². The maximum atomic E-state index is 12.6. The van der Waals surface area contributed by atoms with Crippen LogP contribution in [0.4, 0.5) is 0 Å². The lowest BCUT2D eigenvalue weighted by atomic mass is 10.1. The van der Waals surface area contributed by atoms with Gasteiger partial charge in [-0.15, -0.1) is 24.8 Å². The molecular weight excluding hydrogens is 341 g/mol. The lowest BCUT2D eigenvalue weighted by Crippen LogP contribution is -2.56. The zero-order valence-electron chi connectivity index (χ0n) is 14.1. The zero-order chi connectivity index (χ0) is 15.2. The van der Waals surface area contributed by atoms with Crippen molar-refractivity contribution in [2.75, 3.05) is 46.4 Å². The molecule has 6 nitrogen and oxygen atoms in total. The maximum absolute atomic E-state index is 12.6. The molecule has 0 aromatic rings. The summed E-state index contributed by atoms with van der Waals surface area (Å²) in [6.07, 6.45) is 2.54. The van der Waals surface area contributed by atoms with E-state index in [4.69, 9.17) is 15.2 Å². The van der Waals surface area contributed by atoms with E-state index in [0.29, 0.717) is 12.6 Å². The Bertz CT molecular complexity index is 350. The molecule has 0 aromatic carbocycles. The highest BCUT2D eigenvalue weighted by Crippen LogP contribution is 2.22. The molecule has 1 amide bonds. The minimum absolute atomic E-state index is 0. The molecule has 8 heteroatoms. The van der Waals surface area contributed by atoms with Crippen LogP contribution in [0.1, 0.15) is 26.2 Å². The molecule has 0 aliphatic carbocycles. The van der Waals surface area contributed by atoms with Crippen molar-refractivity contribution in [1.29, 1.82) is 0 Å². The van der Waals surface area contributed by atoms with Gasteiger partial charge in [-0.2, -0.15) is 0 Å². The molecule has 0 saturated carbocycles. The van der Waals surface area contributed by atoms with Gasteiger partial charge in [-0.1, -0.05) is 6.92 Å². The number of methoxy groups -OCH3 is 1. The van der Waals surface area contributed by atoms with Crippen LogP contribution in [-0.4, -0.2) is 80.4 Å². The Morgan fingerprint density at radius 3 is 2.61 bits per heavy atom. The molecular formula is C15H31Cl2N3O3. The van der Waals surface area contributed by atoms with Gasteiger partial charge in [0.15, 0.2) is 0 Å². The summed E-state index contributed by atoms with van der Waals surface area (Å²) >= 11 is 0. The van der Waals surface area contributed by atoms with Gasteiger partial charge in [0.05, 0.1) is 12.7 Å². The molecule has 2 aliphatic heterocycles. The maximum Gasteiger partial charge on any atom is 0.251 e. The molecule has 0 bridgehead atoms. The summed E-state index contributed by atoms with van der Waals surface area (Å²) in [7, 11) is 1.73. The summed E-state index contributed by atoms with van der Waals surface area (Å²) in [5, 5.41) is 0. The normalized spacial score (nSPS) is 28.1. The van der Waals surface area contributed by atoms with E-state index in [9.17, 15) is 4.79 Å². The van der Waals surface area contributed by atoms with Crippen LogP contribution in [0.5, 0.6) is 0 Å². The zero-order valence-corrected chi connectivity index (χ0v) is 15.7. The first kappa shape index (κ1) is 22.9. The van der Waals surface area contributed by atoms with E-state index in [-0.39, 0.29) is 42.9 Å². The van der Waals surface area contributed by atoms with Crippen LogP contribution in [0.15, 0.2) is 0 Å². The van der Waals surface area contributed by atoms with Crippen molar-refractivity contribution in [2.45, 2.75) is 44.4 Å². The van der Waals surface area contributed by atoms with E-state index in [2.05, 4.69) is 11.8 Å². The fraction of sp³-hybridized carbons (Fsp3) is 0.933. The van der Waals surface area contributed by atoms with Crippen molar-refractivity contribution in [1.82, 2.24) is 9.80 Å². The van der Waals surface area contributed by atoms with Gasteiger partial charge in [0.1, 0.15) is 6.10 Å². The van der Waals surface area contributed by atoms with Crippen molar-refractivity contribution >= 4 is 30.7 Å². The Balaban J connectivity index is 0.00000242. The van der Waals surface area contributed by atoms with Gasteiger partial charge in [-0.25, -0.2) is 0 Å². The predicted octanol–water partition coefficient (Wildman–Crippen LogP) is 0.905. The van der Waals surface area contributed by atoms with Crippen LogP contribution < -0.4 is 5.73 Å². The topological polar surface area (TPSA) is 68.0 Å². The molecule has 0 aromatic heterocycles. The molecule has 2 N–H and O–H groups in total. The summed E-state index contributed by atoms with van der Waals surface area (Å²) < 4.78 is 10.9. The Morgan fingerprint density at radius 1 is 1.30 bits per heavy atom. The number of nitrogens with zero attached hydrogens (tertiary/aromatic N) is 2. The van der Waals surface area contributed by atoms with E-state index in [1.54, 1.807) is 7.11 Å².